The van der Waals surface area contributed by atoms with Gasteiger partial charge < -0.3 is 111 Å². The van der Waals surface area contributed by atoms with Crippen molar-refractivity contribution in [1.29, 1.82) is 0 Å². The number of para-hydroxylation sites is 1. The molecule has 0 unspecified atom stereocenters. The van der Waals surface area contributed by atoms with E-state index in [4.69, 9.17) is 66.1 Å². The molecule has 130 heavy (non-hydrogen) atoms. The molecule has 2 amide bonds. The number of nitrogens with zero attached hydrogens (tertiary/aromatic N) is 8. The molecule has 1 aromatic carbocycles. The number of aryl methyl sites for hydroxylation is 1. The number of halogens is 1. The summed E-state index contributed by atoms with van der Waals surface area (Å²) in [5, 5.41) is 54.3. The number of imidazole rings is 1. The number of pyridine rings is 2. The summed E-state index contributed by atoms with van der Waals surface area (Å²) in [6.45, 7) is 31.3. The lowest BCUT2D eigenvalue weighted by Gasteiger charge is -2.50. The Hall–Kier alpha value is -8.09. The molecule has 32 atom stereocenters. The molecule has 0 spiro atoms. The number of hydrogen-bond donors (Lipinski definition) is 5. The maximum Gasteiger partial charge on any atom is 0.410 e. The molecule has 5 N–H and O–H groups in total. The fraction of sp³-hybridized carbons (Fsp3) is 0.708. The lowest BCUT2D eigenvalue weighted by molar-refractivity contribution is -0.319. The number of ether oxygens (including phenoxy) is 13. The second-order valence-corrected chi connectivity index (χ2v) is 38.8. The van der Waals surface area contributed by atoms with Crippen LogP contribution in [0.4, 0.5) is 14.0 Å². The van der Waals surface area contributed by atoms with Crippen molar-refractivity contribution in [2.24, 2.45) is 41.4 Å². The number of alkyl halides is 1. The van der Waals surface area contributed by atoms with Crippen LogP contribution in [0.2, 0.25) is 0 Å². The van der Waals surface area contributed by atoms with E-state index in [1.54, 1.807) is 98.4 Å². The van der Waals surface area contributed by atoms with Crippen LogP contribution < -0.4 is 5.32 Å². The molecule has 33 nitrogen and oxygen atoms in total. The van der Waals surface area contributed by atoms with Crippen LogP contribution >= 0.6 is 0 Å². The first-order valence-corrected chi connectivity index (χ1v) is 45.8. The second-order valence-electron chi connectivity index (χ2n) is 38.8. The van der Waals surface area contributed by atoms with Gasteiger partial charge in [0.1, 0.15) is 60.5 Å². The number of benzene rings is 1. The highest BCUT2D eigenvalue weighted by atomic mass is 19.1. The Morgan fingerprint density at radius 2 is 1.23 bits per heavy atom. The molecule has 0 bridgehead atoms. The van der Waals surface area contributed by atoms with Gasteiger partial charge in [0.25, 0.3) is 0 Å². The monoisotopic (exact) mass is 1820 g/mol. The second kappa shape index (κ2) is 42.2. The number of carbonyl (C=O) groups is 6. The molecule has 12 rings (SSSR count). The largest absolute Gasteiger partial charge is 0.458 e. The summed E-state index contributed by atoms with van der Waals surface area (Å²) < 4.78 is 107. The average molecular weight is 1820 g/mol. The minimum atomic E-state index is -3.04. The fourth-order valence-corrected chi connectivity index (χ4v) is 20.9. The summed E-state index contributed by atoms with van der Waals surface area (Å²) in [4.78, 5) is 104. The van der Waals surface area contributed by atoms with Crippen LogP contribution in [0.3, 0.4) is 0 Å². The lowest BCUT2D eigenvalue weighted by Crippen LogP contribution is -2.62. The van der Waals surface area contributed by atoms with Crippen molar-refractivity contribution in [2.75, 3.05) is 55.6 Å². The minimum absolute atomic E-state index is 0.0701. The quantitative estimate of drug-likeness (QED) is 0.0197. The maximum atomic E-state index is 17.0. The molecule has 720 valence electrons. The van der Waals surface area contributed by atoms with Crippen molar-refractivity contribution in [2.45, 2.75) is 339 Å². The summed E-state index contributed by atoms with van der Waals surface area (Å²) >= 11 is 0. The van der Waals surface area contributed by atoms with Gasteiger partial charge in [-0.05, 0) is 179 Å². The fourth-order valence-electron chi connectivity index (χ4n) is 20.9. The van der Waals surface area contributed by atoms with Crippen molar-refractivity contribution < 1.29 is 120 Å². The smallest absolute Gasteiger partial charge is 0.410 e. The van der Waals surface area contributed by atoms with Gasteiger partial charge in [-0.1, -0.05) is 84.7 Å². The van der Waals surface area contributed by atoms with E-state index in [9.17, 15) is 44.4 Å². The van der Waals surface area contributed by atoms with Gasteiger partial charge in [0.15, 0.2) is 30.1 Å². The normalized spacial score (nSPS) is 39.1. The van der Waals surface area contributed by atoms with Crippen LogP contribution in [-0.4, -0.2) is 301 Å². The molecular formula is C96H140FN9O24. The number of esters is 2. The predicted molar refractivity (Wildman–Crippen MR) is 475 cm³/mol. The van der Waals surface area contributed by atoms with Gasteiger partial charge in [-0.15, -0.1) is 0 Å². The van der Waals surface area contributed by atoms with Gasteiger partial charge in [-0.25, -0.2) is 23.8 Å². The molecule has 4 aromatic heterocycles. The van der Waals surface area contributed by atoms with E-state index < -0.39 is 197 Å². The maximum absolute atomic E-state index is 17.0. The van der Waals surface area contributed by atoms with Crippen LogP contribution in [-0.2, 0) is 87.3 Å². The summed E-state index contributed by atoms with van der Waals surface area (Å²) in [5.74, 6) is -2.44. The molecule has 7 aliphatic rings. The number of aliphatic hydroxyl groups is 4. The molecule has 0 aliphatic carbocycles. The highest BCUT2D eigenvalue weighted by molar-refractivity contribution is 5.87. The van der Waals surface area contributed by atoms with E-state index in [1.807, 2.05) is 140 Å². The topological polar surface area (TPSA) is 395 Å². The number of Topliss-reactive ketones (excluding diaryl/α,β-unsaturated/α-hetero) is 2. The lowest BCUT2D eigenvalue weighted by atomic mass is 9.73. The number of fused-ring (bicyclic) bond motifs is 3. The Labute approximate surface area is 763 Å². The Morgan fingerprint density at radius 1 is 0.631 bits per heavy atom. The third-order valence-corrected chi connectivity index (χ3v) is 28.6. The summed E-state index contributed by atoms with van der Waals surface area (Å²) in [5.41, 5.74) is -6.10. The summed E-state index contributed by atoms with van der Waals surface area (Å²) in [6, 6.07) is 12.7. The van der Waals surface area contributed by atoms with Crippen molar-refractivity contribution in [3.63, 3.8) is 0 Å². The van der Waals surface area contributed by atoms with Gasteiger partial charge >= 0.3 is 24.1 Å². The van der Waals surface area contributed by atoms with Crippen molar-refractivity contribution in [3.05, 3.63) is 85.4 Å². The minimum Gasteiger partial charge on any atom is -0.458 e. The van der Waals surface area contributed by atoms with Crippen molar-refractivity contribution in [1.82, 2.24) is 44.7 Å². The van der Waals surface area contributed by atoms with Crippen molar-refractivity contribution in [3.8, 4) is 34.4 Å². The van der Waals surface area contributed by atoms with E-state index in [2.05, 4.69) is 37.3 Å². The number of aliphatic hydroxyl groups excluding tert-OH is 4. The molecule has 7 fully saturated rings. The number of unbranched alkanes of at least 4 members (excludes halogenated alkanes) is 1. The molecule has 0 saturated carbocycles. The number of likely N-dealkylation sites (N-methyl/N-ethyl adjacent to an activating group) is 2. The number of methoxy groups -OCH3 is 2. The van der Waals surface area contributed by atoms with Crippen LogP contribution in [0.5, 0.6) is 0 Å². The van der Waals surface area contributed by atoms with E-state index in [-0.39, 0.29) is 74.3 Å². The third kappa shape index (κ3) is 22.0. The highest BCUT2D eigenvalue weighted by Crippen LogP contribution is 2.48. The summed E-state index contributed by atoms with van der Waals surface area (Å²) in [6.07, 6.45) is -5.06. The first-order chi connectivity index (χ1) is 61.2. The molecular weight excluding hydrogens is 1680 g/mol. The Kier molecular flexibility index (Phi) is 33.3. The number of hydrogen-bond acceptors (Lipinski definition) is 30. The van der Waals surface area contributed by atoms with E-state index in [0.717, 1.165) is 34.6 Å². The van der Waals surface area contributed by atoms with E-state index in [1.165, 1.54) is 21.0 Å². The Balaban J connectivity index is 0.000000253. The van der Waals surface area contributed by atoms with Crippen LogP contribution in [0.25, 0.3) is 33.4 Å². The zero-order valence-corrected chi connectivity index (χ0v) is 79.9. The SMILES string of the molecule is CC[C@H]1OC(=O)[C@@](C)(F)[C@@H](O)[C@H](C)[C@@H](O[C@@H]2O[C@H](C)C[C@H](N(C)C)[C@H]2O)[C@](C)(OCC#Cc2cc(-c3cnc4ccccc4c3)no2)C[C@@H](C)C(=O)[C@H](C)[C@H]2NC(=O)O[C@@]21C.CC[C@H]1OC(=O)[C@H](C)[C@@H](O[C@H]2C[C@](C)(OC)[C@@H](O)[C@H](C)O2)[C@H](C)[C@@H](O[C@@H]2O[C@H](C)C[C@H](N(C)C)[C@H]2O)[C@](C)(OC)C[C@@H](C)C(=O)[C@H](C)[C@H]2N(CCCCn3cnc(-c4cccnc4)c3)C(=O)O[C@]12C. The molecule has 7 saturated heterocycles. The van der Waals surface area contributed by atoms with Gasteiger partial charge in [-0.3, -0.25) is 24.4 Å². The zero-order chi connectivity index (χ0) is 95.4. The Morgan fingerprint density at radius 3 is 1.84 bits per heavy atom. The van der Waals surface area contributed by atoms with Crippen LogP contribution in [0.1, 0.15) is 188 Å². The van der Waals surface area contributed by atoms with Crippen molar-refractivity contribution >= 4 is 46.6 Å². The molecule has 5 aromatic rings. The molecule has 34 heteroatoms. The van der Waals surface area contributed by atoms with Crippen LogP contribution in [0, 0.1) is 53.3 Å². The number of nitrogens with one attached hydrogen (secondary N) is 1. The summed E-state index contributed by atoms with van der Waals surface area (Å²) in [7, 11) is 10.5. The number of ketones is 2. The standard InChI is InChI=1S/C51H81N5O13.C45H59FN4O11/c1-15-38-51(10)43(56(48(61)69-51)22-17-16-21-55-27-36(53-28-55)35-19-18-20-52-26-35)31(4)40(57)29(2)24-50(9,63-14)45(68-47-41(58)37(54(11)12)23-30(3)64-47)32(5)42(33(6)46(60)66-38)67-39-25-49(8,62-13)44(59)34(7)65-39;1-11-34-45(8)37(48-42(55)60-45)26(4)35(51)24(2)22-43(6,56-18-14-16-30-21-32(49-61-30)29-20-28-15-12-13-17-31(28)47-23-29)39(27(5)38(53)44(7,46)41(54)58-34)59-40-36(52)33(50(9)10)19-25(3)57-40/h18-20,26-34,37-39,41-45,47,58-59H,15-17,21-25H2,1-14H3;12-13,15,17,20-21,23-27,33-34,36-40,52-53H,11,18-19,22H2,1-10H3,(H,48,55)/t29-,30-,31+,32+,33-,34+,37+,38-,39+,41-,42+,43-,44+,45-,47+,49+,50-,51-;24-,25-,26+,27+,33+,34-,36-,37-,38+,39-,40+,43-,44+,45-/m11/s1. The van der Waals surface area contributed by atoms with E-state index in [0.29, 0.717) is 44.5 Å². The van der Waals surface area contributed by atoms with Gasteiger partial charge in [0.05, 0.1) is 89.0 Å². The number of aromatic nitrogens is 5. The van der Waals surface area contributed by atoms with Gasteiger partial charge in [-0.2, -0.15) is 0 Å². The first-order valence-electron chi connectivity index (χ1n) is 45.8. The first kappa shape index (κ1) is 102. The number of carbonyl (C=O) groups excluding carboxylic acids is 6. The highest BCUT2D eigenvalue weighted by Gasteiger charge is 2.63. The number of amides is 2. The number of rotatable bonds is 21. The molecule has 11 heterocycles. The average Bonchev–Trinajstić information content (AvgIpc) is 1.60. The van der Waals surface area contributed by atoms with E-state index >= 15 is 9.18 Å². The Bertz CT molecular complexity index is 4740. The third-order valence-electron chi connectivity index (χ3n) is 28.6. The predicted octanol–water partition coefficient (Wildman–Crippen LogP) is 10.6. The van der Waals surface area contributed by atoms with Gasteiger partial charge in [0.2, 0.25) is 11.4 Å². The molecule has 0 radical (unpaired) electrons. The number of cyclic esters (lactones) is 2. The molecule has 7 aliphatic heterocycles. The zero-order valence-electron chi connectivity index (χ0n) is 79.9. The number of alkyl carbamates (subject to hydrolysis) is 1. The van der Waals surface area contributed by atoms with Crippen LogP contribution in [0.15, 0.2) is 84.2 Å². The van der Waals surface area contributed by atoms with Gasteiger partial charge in [0, 0.05) is 129 Å².